The summed E-state index contributed by atoms with van der Waals surface area (Å²) >= 11 is 3.36. The molecule has 1 amide bonds. The second kappa shape index (κ2) is 4.36. The molecular weight excluding hydrogens is 274 g/mol. The quantitative estimate of drug-likeness (QED) is 0.792. The number of rotatable bonds is 2. The molecule has 6 heteroatoms. The molecule has 3 N–H and O–H groups in total. The van der Waals surface area contributed by atoms with Gasteiger partial charge in [-0.05, 0) is 12.1 Å². The van der Waals surface area contributed by atoms with Gasteiger partial charge in [0.2, 0.25) is 5.95 Å². The number of amides is 1. The number of carboxylic acid groups (broad SMARTS) is 1. The normalized spacial score (nSPS) is 10.1. The SMILES string of the molecule is O=C(O)Nc1nc(-c2cccc(Br)c2)c[nH]1. The predicted molar refractivity (Wildman–Crippen MR) is 63.4 cm³/mol. The van der Waals surface area contributed by atoms with E-state index in [-0.39, 0.29) is 5.95 Å². The summed E-state index contributed by atoms with van der Waals surface area (Å²) < 4.78 is 0.945. The summed E-state index contributed by atoms with van der Waals surface area (Å²) in [6.45, 7) is 0. The van der Waals surface area contributed by atoms with Crippen LogP contribution >= 0.6 is 15.9 Å². The standard InChI is InChI=1S/C10H8BrN3O2/c11-7-3-1-2-6(4-7)8-5-12-9(13-8)14-10(15)16/h1-5H,(H,15,16)(H2,12,13,14). The van der Waals surface area contributed by atoms with Crippen molar-refractivity contribution in [2.75, 3.05) is 5.32 Å². The van der Waals surface area contributed by atoms with Crippen LogP contribution in [-0.4, -0.2) is 21.2 Å². The molecule has 82 valence electrons. The predicted octanol–water partition coefficient (Wildman–Crippen LogP) is 2.93. The molecule has 0 radical (unpaired) electrons. The molecule has 0 spiro atoms. The smallest absolute Gasteiger partial charge is 0.411 e. The Balaban J connectivity index is 2.28. The lowest BCUT2D eigenvalue weighted by Gasteiger charge is -1.96. The molecule has 1 aromatic heterocycles. The number of H-pyrrole nitrogens is 1. The molecule has 16 heavy (non-hydrogen) atoms. The van der Waals surface area contributed by atoms with Crippen molar-refractivity contribution in [2.24, 2.45) is 0 Å². The largest absolute Gasteiger partial charge is 0.465 e. The molecule has 0 fully saturated rings. The summed E-state index contributed by atoms with van der Waals surface area (Å²) in [6, 6.07) is 7.59. The van der Waals surface area contributed by atoms with Crippen molar-refractivity contribution in [3.63, 3.8) is 0 Å². The summed E-state index contributed by atoms with van der Waals surface area (Å²) in [5.41, 5.74) is 1.59. The number of anilines is 1. The van der Waals surface area contributed by atoms with Gasteiger partial charge >= 0.3 is 6.09 Å². The summed E-state index contributed by atoms with van der Waals surface area (Å²) in [5.74, 6) is 0.211. The molecule has 0 atom stereocenters. The Labute approximate surface area is 99.7 Å². The number of benzene rings is 1. The third-order valence-corrected chi connectivity index (χ3v) is 2.42. The van der Waals surface area contributed by atoms with E-state index in [1.165, 1.54) is 0 Å². The zero-order valence-corrected chi connectivity index (χ0v) is 9.65. The van der Waals surface area contributed by atoms with E-state index in [0.29, 0.717) is 5.69 Å². The Kier molecular flexibility index (Phi) is 2.91. The highest BCUT2D eigenvalue weighted by Gasteiger charge is 2.05. The van der Waals surface area contributed by atoms with Crippen LogP contribution in [0.2, 0.25) is 0 Å². The highest BCUT2D eigenvalue weighted by Crippen LogP contribution is 2.22. The fourth-order valence-electron chi connectivity index (χ4n) is 1.28. The van der Waals surface area contributed by atoms with Crippen LogP contribution in [0, 0.1) is 0 Å². The van der Waals surface area contributed by atoms with Crippen LogP contribution in [-0.2, 0) is 0 Å². The average molecular weight is 282 g/mol. The first-order valence-electron chi connectivity index (χ1n) is 4.46. The van der Waals surface area contributed by atoms with Crippen LogP contribution in [0.3, 0.4) is 0 Å². The first-order chi connectivity index (χ1) is 7.65. The van der Waals surface area contributed by atoms with Crippen molar-refractivity contribution >= 4 is 28.0 Å². The third-order valence-electron chi connectivity index (χ3n) is 1.92. The van der Waals surface area contributed by atoms with Gasteiger partial charge in [-0.25, -0.2) is 9.78 Å². The molecule has 1 aromatic carbocycles. The average Bonchev–Trinajstić information content (AvgIpc) is 2.65. The Hall–Kier alpha value is -1.82. The van der Waals surface area contributed by atoms with Crippen LogP contribution < -0.4 is 5.32 Å². The van der Waals surface area contributed by atoms with Crippen molar-refractivity contribution < 1.29 is 9.90 Å². The molecular formula is C10H8BrN3O2. The Bertz CT molecular complexity index is 524. The van der Waals surface area contributed by atoms with Gasteiger partial charge < -0.3 is 10.1 Å². The number of aromatic nitrogens is 2. The summed E-state index contributed by atoms with van der Waals surface area (Å²) in [6.07, 6.45) is 0.502. The first-order valence-corrected chi connectivity index (χ1v) is 5.26. The van der Waals surface area contributed by atoms with Crippen molar-refractivity contribution in [2.45, 2.75) is 0 Å². The molecule has 0 aliphatic rings. The van der Waals surface area contributed by atoms with Crippen molar-refractivity contribution in [1.82, 2.24) is 9.97 Å². The maximum Gasteiger partial charge on any atom is 0.411 e. The first kappa shape index (κ1) is 10.7. The third kappa shape index (κ3) is 2.40. The molecule has 2 rings (SSSR count). The Morgan fingerprint density at radius 2 is 2.31 bits per heavy atom. The number of hydrogen-bond acceptors (Lipinski definition) is 2. The van der Waals surface area contributed by atoms with Crippen LogP contribution in [0.15, 0.2) is 34.9 Å². The number of hydrogen-bond donors (Lipinski definition) is 3. The van der Waals surface area contributed by atoms with Gasteiger partial charge in [0.1, 0.15) is 0 Å². The van der Waals surface area contributed by atoms with Crippen molar-refractivity contribution in [3.8, 4) is 11.3 Å². The van der Waals surface area contributed by atoms with Gasteiger partial charge in [0.05, 0.1) is 5.69 Å². The van der Waals surface area contributed by atoms with Gasteiger partial charge in [0, 0.05) is 16.2 Å². The molecule has 0 saturated heterocycles. The van der Waals surface area contributed by atoms with Crippen molar-refractivity contribution in [3.05, 3.63) is 34.9 Å². The fourth-order valence-corrected chi connectivity index (χ4v) is 1.68. The zero-order chi connectivity index (χ0) is 11.5. The van der Waals surface area contributed by atoms with Gasteiger partial charge in [-0.3, -0.25) is 5.32 Å². The molecule has 0 aliphatic carbocycles. The summed E-state index contributed by atoms with van der Waals surface area (Å²) in [7, 11) is 0. The Morgan fingerprint density at radius 1 is 1.50 bits per heavy atom. The fraction of sp³-hybridized carbons (Fsp3) is 0. The molecule has 0 aliphatic heterocycles. The minimum atomic E-state index is -1.14. The van der Waals surface area contributed by atoms with E-state index in [1.54, 1.807) is 6.20 Å². The van der Waals surface area contributed by atoms with Crippen molar-refractivity contribution in [1.29, 1.82) is 0 Å². The van der Waals surface area contributed by atoms with Crippen LogP contribution in [0.1, 0.15) is 0 Å². The second-order valence-corrected chi connectivity index (χ2v) is 3.99. The second-order valence-electron chi connectivity index (χ2n) is 3.07. The minimum absolute atomic E-state index is 0.211. The van der Waals surface area contributed by atoms with E-state index in [9.17, 15) is 4.79 Å². The van der Waals surface area contributed by atoms with E-state index >= 15 is 0 Å². The zero-order valence-electron chi connectivity index (χ0n) is 8.07. The number of nitrogens with one attached hydrogen (secondary N) is 2. The van der Waals surface area contributed by atoms with Gasteiger partial charge in [-0.1, -0.05) is 28.1 Å². The number of halogens is 1. The molecule has 0 saturated carbocycles. The summed E-state index contributed by atoms with van der Waals surface area (Å²) in [5, 5.41) is 10.7. The highest BCUT2D eigenvalue weighted by molar-refractivity contribution is 9.10. The molecule has 0 unspecified atom stereocenters. The van der Waals surface area contributed by atoms with E-state index in [2.05, 4.69) is 31.2 Å². The molecule has 0 bridgehead atoms. The number of aromatic amines is 1. The maximum absolute atomic E-state index is 10.4. The van der Waals surface area contributed by atoms with Crippen LogP contribution in [0.25, 0.3) is 11.3 Å². The van der Waals surface area contributed by atoms with E-state index < -0.39 is 6.09 Å². The van der Waals surface area contributed by atoms with Gasteiger partial charge in [-0.2, -0.15) is 0 Å². The van der Waals surface area contributed by atoms with E-state index in [0.717, 1.165) is 10.0 Å². The van der Waals surface area contributed by atoms with Crippen LogP contribution in [0.5, 0.6) is 0 Å². The lowest BCUT2D eigenvalue weighted by Crippen LogP contribution is -2.08. The van der Waals surface area contributed by atoms with Gasteiger partial charge in [-0.15, -0.1) is 0 Å². The maximum atomic E-state index is 10.4. The lowest BCUT2D eigenvalue weighted by atomic mass is 10.2. The molecule has 5 nitrogen and oxygen atoms in total. The molecule has 1 heterocycles. The van der Waals surface area contributed by atoms with E-state index in [1.807, 2.05) is 24.3 Å². The number of imidazole rings is 1. The van der Waals surface area contributed by atoms with Gasteiger partial charge in [0.25, 0.3) is 0 Å². The topological polar surface area (TPSA) is 78.0 Å². The van der Waals surface area contributed by atoms with Gasteiger partial charge in [0.15, 0.2) is 0 Å². The Morgan fingerprint density at radius 3 is 3.00 bits per heavy atom. The number of nitrogens with zero attached hydrogens (tertiary/aromatic N) is 1. The minimum Gasteiger partial charge on any atom is -0.465 e. The molecule has 2 aromatic rings. The summed E-state index contributed by atoms with van der Waals surface area (Å²) in [4.78, 5) is 17.2. The number of carbonyl (C=O) groups is 1. The monoisotopic (exact) mass is 281 g/mol. The lowest BCUT2D eigenvalue weighted by molar-refractivity contribution is 0.209. The van der Waals surface area contributed by atoms with E-state index in [4.69, 9.17) is 5.11 Å². The highest BCUT2D eigenvalue weighted by atomic mass is 79.9. The van der Waals surface area contributed by atoms with Crippen LogP contribution in [0.4, 0.5) is 10.7 Å².